The van der Waals surface area contributed by atoms with E-state index in [9.17, 15) is 0 Å². The molecule has 3 N–H and O–H groups in total. The van der Waals surface area contributed by atoms with Crippen molar-refractivity contribution >= 4 is 28.9 Å². The van der Waals surface area contributed by atoms with Crippen molar-refractivity contribution in [2.45, 2.75) is 0 Å². The maximum absolute atomic E-state index is 9.10. The number of halogens is 1. The van der Waals surface area contributed by atoms with Crippen LogP contribution in [-0.2, 0) is 0 Å². The molecule has 2 rings (SSSR count). The molecule has 0 bridgehead atoms. The Morgan fingerprint density at radius 2 is 2.20 bits per heavy atom. The Morgan fingerprint density at radius 1 is 1.35 bits per heavy atom. The molecule has 0 aliphatic rings. The van der Waals surface area contributed by atoms with Gasteiger partial charge in [0.1, 0.15) is 0 Å². The highest BCUT2D eigenvalue weighted by molar-refractivity contribution is 6.30. The Hall–Kier alpha value is -2.31. The summed E-state index contributed by atoms with van der Waals surface area (Å²) in [6.07, 6.45) is 1.56. The number of benzene rings is 1. The van der Waals surface area contributed by atoms with Crippen molar-refractivity contribution in [3.05, 3.63) is 47.6 Å². The van der Waals surface area contributed by atoms with Crippen LogP contribution in [0.5, 0.6) is 5.88 Å². The smallest absolute Gasteiger partial charge is 0.225 e. The van der Waals surface area contributed by atoms with Crippen molar-refractivity contribution in [1.29, 1.82) is 0 Å². The zero-order chi connectivity index (χ0) is 14.4. The van der Waals surface area contributed by atoms with Crippen molar-refractivity contribution in [3.8, 4) is 5.88 Å². The highest BCUT2D eigenvalue weighted by Gasteiger charge is 2.01. The molecule has 7 heteroatoms. The maximum Gasteiger partial charge on any atom is 0.225 e. The molecule has 1 aromatic heterocycles. The molecular formula is C13H13ClN4O2. The third-order valence-corrected chi connectivity index (χ3v) is 2.60. The van der Waals surface area contributed by atoms with Gasteiger partial charge in [-0.05, 0) is 24.3 Å². The van der Waals surface area contributed by atoms with Gasteiger partial charge in [-0.15, -0.1) is 0 Å². The van der Waals surface area contributed by atoms with E-state index in [-0.39, 0.29) is 5.96 Å². The molecule has 1 aromatic carbocycles. The van der Waals surface area contributed by atoms with Gasteiger partial charge >= 0.3 is 0 Å². The third-order valence-electron chi connectivity index (χ3n) is 2.36. The van der Waals surface area contributed by atoms with Crippen molar-refractivity contribution in [2.75, 3.05) is 12.4 Å². The van der Waals surface area contributed by atoms with Gasteiger partial charge in [0.15, 0.2) is 0 Å². The lowest BCUT2D eigenvalue weighted by Crippen LogP contribution is -2.27. The van der Waals surface area contributed by atoms with E-state index < -0.39 is 0 Å². The topological polar surface area (TPSA) is 78.8 Å². The van der Waals surface area contributed by atoms with E-state index >= 15 is 0 Å². The molecule has 0 unspecified atom stereocenters. The second-order valence-corrected chi connectivity index (χ2v) is 4.20. The Labute approximate surface area is 121 Å². The predicted octanol–water partition coefficient (Wildman–Crippen LogP) is 2.82. The van der Waals surface area contributed by atoms with Gasteiger partial charge in [0.05, 0.1) is 24.7 Å². The summed E-state index contributed by atoms with van der Waals surface area (Å²) in [5.41, 5.74) is 3.23. The van der Waals surface area contributed by atoms with Gasteiger partial charge < -0.3 is 10.1 Å². The molecule has 0 fully saturated rings. The quantitative estimate of drug-likeness (QED) is 0.460. The van der Waals surface area contributed by atoms with Crippen molar-refractivity contribution in [1.82, 2.24) is 10.5 Å². The van der Waals surface area contributed by atoms with Crippen molar-refractivity contribution < 1.29 is 9.94 Å². The summed E-state index contributed by atoms with van der Waals surface area (Å²) in [5.74, 6) is 0.653. The van der Waals surface area contributed by atoms with Gasteiger partial charge in [-0.3, -0.25) is 5.21 Å². The number of nitrogens with zero attached hydrogens (tertiary/aromatic N) is 2. The summed E-state index contributed by atoms with van der Waals surface area (Å²) in [5, 5.41) is 12.5. The van der Waals surface area contributed by atoms with Gasteiger partial charge in [-0.25, -0.2) is 15.5 Å². The normalized spacial score (nSPS) is 11.1. The molecule has 0 saturated heterocycles. The van der Waals surface area contributed by atoms with Crippen LogP contribution < -0.4 is 15.5 Å². The number of hydroxylamine groups is 1. The fraction of sp³-hybridized carbons (Fsp3) is 0.0769. The standard InChI is InChI=1S/C13H13ClN4O2/c1-20-12-6-5-11(8-15-12)17-13(18-19)16-10-4-2-3-9(14)7-10/h2-8,19H,1H3,(H2,16,17,18). The summed E-state index contributed by atoms with van der Waals surface area (Å²) in [6.45, 7) is 0. The largest absolute Gasteiger partial charge is 0.481 e. The van der Waals surface area contributed by atoms with Crippen molar-refractivity contribution in [3.63, 3.8) is 0 Å². The number of nitrogens with one attached hydrogen (secondary N) is 2. The van der Waals surface area contributed by atoms with Crippen molar-refractivity contribution in [2.24, 2.45) is 4.99 Å². The van der Waals surface area contributed by atoms with E-state index in [0.29, 0.717) is 22.3 Å². The molecule has 1 heterocycles. The van der Waals surface area contributed by atoms with Crippen LogP contribution in [0.2, 0.25) is 5.02 Å². The molecule has 0 aliphatic heterocycles. The summed E-state index contributed by atoms with van der Waals surface area (Å²) < 4.78 is 4.96. The van der Waals surface area contributed by atoms with Gasteiger partial charge in [-0.2, -0.15) is 0 Å². The maximum atomic E-state index is 9.10. The second kappa shape index (κ2) is 6.74. The lowest BCUT2D eigenvalue weighted by Gasteiger charge is -2.08. The number of guanidine groups is 1. The van der Waals surface area contributed by atoms with E-state index in [2.05, 4.69) is 15.3 Å². The molecular weight excluding hydrogens is 280 g/mol. The van der Waals surface area contributed by atoms with E-state index in [1.807, 2.05) is 5.48 Å². The number of rotatable bonds is 3. The first-order chi connectivity index (χ1) is 9.71. The Bertz CT molecular complexity index is 602. The number of hydrogen-bond donors (Lipinski definition) is 3. The highest BCUT2D eigenvalue weighted by Crippen LogP contribution is 2.18. The number of pyridine rings is 1. The summed E-state index contributed by atoms with van der Waals surface area (Å²) in [7, 11) is 1.54. The number of ether oxygens (including phenoxy) is 1. The lowest BCUT2D eigenvalue weighted by atomic mass is 10.3. The Morgan fingerprint density at radius 3 is 2.80 bits per heavy atom. The SMILES string of the molecule is COc1ccc(NC(=Nc2cccc(Cl)c2)NO)cn1. The highest BCUT2D eigenvalue weighted by atomic mass is 35.5. The minimum atomic E-state index is 0.152. The molecule has 104 valence electrons. The molecule has 0 saturated carbocycles. The van der Waals surface area contributed by atoms with E-state index in [0.717, 1.165) is 0 Å². The van der Waals surface area contributed by atoms with Gasteiger partial charge in [-0.1, -0.05) is 17.7 Å². The third kappa shape index (κ3) is 3.84. The fourth-order valence-corrected chi connectivity index (χ4v) is 1.65. The van der Waals surface area contributed by atoms with Crippen LogP contribution in [0.4, 0.5) is 11.4 Å². The monoisotopic (exact) mass is 292 g/mol. The van der Waals surface area contributed by atoms with Crippen LogP contribution in [-0.4, -0.2) is 23.3 Å². The predicted molar refractivity (Wildman–Crippen MR) is 77.9 cm³/mol. The number of anilines is 1. The first-order valence-corrected chi connectivity index (χ1v) is 6.10. The minimum absolute atomic E-state index is 0.152. The molecule has 2 aromatic rings. The van der Waals surface area contributed by atoms with Gasteiger partial charge in [0.25, 0.3) is 0 Å². The van der Waals surface area contributed by atoms with E-state index in [1.165, 1.54) is 7.11 Å². The zero-order valence-electron chi connectivity index (χ0n) is 10.7. The summed E-state index contributed by atoms with van der Waals surface area (Å²) in [4.78, 5) is 8.21. The average Bonchev–Trinajstić information content (AvgIpc) is 2.47. The van der Waals surface area contributed by atoms with Crippen LogP contribution in [0.15, 0.2) is 47.6 Å². The van der Waals surface area contributed by atoms with Gasteiger partial charge in [0, 0.05) is 11.1 Å². The minimum Gasteiger partial charge on any atom is -0.481 e. The molecule has 20 heavy (non-hydrogen) atoms. The van der Waals surface area contributed by atoms with E-state index in [4.69, 9.17) is 21.5 Å². The number of hydrogen-bond acceptors (Lipinski definition) is 4. The van der Waals surface area contributed by atoms with Crippen LogP contribution in [0.25, 0.3) is 0 Å². The number of aliphatic imine (C=N–C) groups is 1. The summed E-state index contributed by atoms with van der Waals surface area (Å²) in [6, 6.07) is 10.4. The fourth-order valence-electron chi connectivity index (χ4n) is 1.47. The van der Waals surface area contributed by atoms with Crippen LogP contribution in [0, 0.1) is 0 Å². The Kier molecular flexibility index (Phi) is 4.75. The van der Waals surface area contributed by atoms with Crippen LogP contribution in [0.3, 0.4) is 0 Å². The molecule has 6 nitrogen and oxygen atoms in total. The lowest BCUT2D eigenvalue weighted by molar-refractivity contribution is 0.234. The van der Waals surface area contributed by atoms with Crippen LogP contribution in [0.1, 0.15) is 0 Å². The zero-order valence-corrected chi connectivity index (χ0v) is 11.4. The molecule has 0 atom stereocenters. The van der Waals surface area contributed by atoms with Crippen LogP contribution >= 0.6 is 11.6 Å². The Balaban J connectivity index is 2.15. The van der Waals surface area contributed by atoms with E-state index in [1.54, 1.807) is 42.6 Å². The molecule has 0 amide bonds. The number of aromatic nitrogens is 1. The summed E-state index contributed by atoms with van der Waals surface area (Å²) >= 11 is 5.87. The number of methoxy groups -OCH3 is 1. The molecule has 0 radical (unpaired) electrons. The first kappa shape index (κ1) is 14.1. The first-order valence-electron chi connectivity index (χ1n) is 5.72. The van der Waals surface area contributed by atoms with Gasteiger partial charge in [0.2, 0.25) is 11.8 Å². The molecule has 0 aliphatic carbocycles. The average molecular weight is 293 g/mol. The second-order valence-electron chi connectivity index (χ2n) is 3.77. The molecule has 0 spiro atoms.